The van der Waals surface area contributed by atoms with E-state index in [-0.39, 0.29) is 18.3 Å². The largest absolute Gasteiger partial charge is 0.469 e. The van der Waals surface area contributed by atoms with Crippen molar-refractivity contribution in [3.8, 4) is 0 Å². The summed E-state index contributed by atoms with van der Waals surface area (Å²) < 4.78 is 4.64. The molecule has 2 N–H and O–H groups in total. The average molecular weight is 292 g/mol. The summed E-state index contributed by atoms with van der Waals surface area (Å²) in [5.74, 6) is -0.105. The number of nitrogens with two attached hydrogens (primary N) is 1. The van der Waals surface area contributed by atoms with Crippen molar-refractivity contribution >= 4 is 17.6 Å². The molecule has 0 saturated carbocycles. The van der Waals surface area contributed by atoms with Gasteiger partial charge in [0, 0.05) is 24.3 Å². The molecule has 0 unspecified atom stereocenters. The molecule has 0 spiro atoms. The van der Waals surface area contributed by atoms with Crippen LogP contribution in [-0.4, -0.2) is 37.0 Å². The number of hydrogen-bond acceptors (Lipinski definition) is 4. The van der Waals surface area contributed by atoms with E-state index in [1.165, 1.54) is 7.11 Å². The van der Waals surface area contributed by atoms with Crippen LogP contribution < -0.4 is 5.73 Å². The molecule has 0 atom stereocenters. The summed E-state index contributed by atoms with van der Waals surface area (Å²) in [4.78, 5) is 25.7. The maximum atomic E-state index is 12.7. The van der Waals surface area contributed by atoms with Crippen LogP contribution in [0.2, 0.25) is 0 Å². The lowest BCUT2D eigenvalue weighted by molar-refractivity contribution is -0.140. The first-order valence-corrected chi connectivity index (χ1v) is 7.08. The number of hydrogen-bond donors (Lipinski definition) is 1. The molecule has 1 rings (SSSR count). The van der Waals surface area contributed by atoms with Crippen LogP contribution in [0.1, 0.15) is 36.2 Å². The highest BCUT2D eigenvalue weighted by molar-refractivity contribution is 5.97. The van der Waals surface area contributed by atoms with E-state index < -0.39 is 0 Å². The normalized spacial score (nSPS) is 10.5. The molecule has 5 heteroatoms. The van der Waals surface area contributed by atoms with Crippen LogP contribution in [-0.2, 0) is 9.53 Å². The molecule has 0 fully saturated rings. The summed E-state index contributed by atoms with van der Waals surface area (Å²) in [5.41, 5.74) is 7.81. The molecule has 116 valence electrons. The maximum Gasteiger partial charge on any atom is 0.307 e. The number of carbonyl (C=O) groups excluding carboxylic acids is 2. The van der Waals surface area contributed by atoms with Crippen molar-refractivity contribution in [3.63, 3.8) is 0 Å². The third kappa shape index (κ3) is 4.77. The van der Waals surface area contributed by atoms with Gasteiger partial charge in [0.1, 0.15) is 0 Å². The minimum atomic E-state index is -0.319. The Kier molecular flexibility index (Phi) is 6.21. The third-order valence-corrected chi connectivity index (χ3v) is 3.29. The first kappa shape index (κ1) is 17.0. The Bertz CT molecular complexity index is 512. The van der Waals surface area contributed by atoms with Crippen molar-refractivity contribution in [2.45, 2.75) is 27.2 Å². The van der Waals surface area contributed by atoms with Gasteiger partial charge in [0.05, 0.1) is 13.5 Å². The van der Waals surface area contributed by atoms with Crippen LogP contribution in [0.5, 0.6) is 0 Å². The number of methoxy groups -OCH3 is 1. The van der Waals surface area contributed by atoms with E-state index in [2.05, 4.69) is 4.74 Å². The van der Waals surface area contributed by atoms with Crippen LogP contribution in [0.4, 0.5) is 5.69 Å². The predicted molar refractivity (Wildman–Crippen MR) is 83.0 cm³/mol. The molecule has 0 heterocycles. The van der Waals surface area contributed by atoms with Crippen molar-refractivity contribution in [1.82, 2.24) is 4.90 Å². The van der Waals surface area contributed by atoms with Gasteiger partial charge in [0.15, 0.2) is 0 Å². The summed E-state index contributed by atoms with van der Waals surface area (Å²) in [5, 5.41) is 0. The Morgan fingerprint density at radius 2 is 2.00 bits per heavy atom. The number of nitrogens with zero attached hydrogens (tertiary/aromatic N) is 1. The fourth-order valence-electron chi connectivity index (χ4n) is 2.10. The number of rotatable bonds is 6. The number of esters is 1. The van der Waals surface area contributed by atoms with E-state index in [1.807, 2.05) is 20.8 Å². The molecule has 0 aliphatic carbocycles. The zero-order valence-corrected chi connectivity index (χ0v) is 13.2. The predicted octanol–water partition coefficient (Wildman–Crippen LogP) is 2.24. The molecular formula is C16H24N2O3. The zero-order valence-electron chi connectivity index (χ0n) is 13.2. The molecule has 0 radical (unpaired) electrons. The van der Waals surface area contributed by atoms with Gasteiger partial charge in [-0.1, -0.05) is 19.9 Å². The summed E-state index contributed by atoms with van der Waals surface area (Å²) >= 11 is 0. The lowest BCUT2D eigenvalue weighted by atomic mass is 10.0. The SMILES string of the molecule is COC(=O)CCN(CC(C)C)C(=O)c1cccc(N)c1C. The second-order valence-corrected chi connectivity index (χ2v) is 5.49. The van der Waals surface area contributed by atoms with Crippen LogP contribution in [0, 0.1) is 12.8 Å². The van der Waals surface area contributed by atoms with Gasteiger partial charge in [0.2, 0.25) is 0 Å². The van der Waals surface area contributed by atoms with Gasteiger partial charge < -0.3 is 15.4 Å². The van der Waals surface area contributed by atoms with Gasteiger partial charge in [-0.2, -0.15) is 0 Å². The molecule has 21 heavy (non-hydrogen) atoms. The van der Waals surface area contributed by atoms with Gasteiger partial charge in [0.25, 0.3) is 5.91 Å². The van der Waals surface area contributed by atoms with Crippen LogP contribution >= 0.6 is 0 Å². The number of amides is 1. The highest BCUT2D eigenvalue weighted by Gasteiger charge is 2.20. The van der Waals surface area contributed by atoms with Gasteiger partial charge >= 0.3 is 5.97 Å². The molecule has 0 aliphatic heterocycles. The first-order chi connectivity index (χ1) is 9.86. The standard InChI is InChI=1S/C16H24N2O3/c1-11(2)10-18(9-8-15(19)21-4)16(20)13-6-5-7-14(17)12(13)3/h5-7,11H,8-10,17H2,1-4H3. The fourth-order valence-corrected chi connectivity index (χ4v) is 2.10. The smallest absolute Gasteiger partial charge is 0.307 e. The molecule has 1 amide bonds. The van der Waals surface area contributed by atoms with E-state index in [0.717, 1.165) is 5.56 Å². The molecule has 0 aliphatic rings. The Labute approximate surface area is 126 Å². The number of carbonyl (C=O) groups is 2. The van der Waals surface area contributed by atoms with E-state index in [1.54, 1.807) is 23.1 Å². The second kappa shape index (κ2) is 7.67. The van der Waals surface area contributed by atoms with Crippen molar-refractivity contribution < 1.29 is 14.3 Å². The Morgan fingerprint density at radius 1 is 1.33 bits per heavy atom. The Hall–Kier alpha value is -2.04. The summed E-state index contributed by atoms with van der Waals surface area (Å²) in [6, 6.07) is 5.30. The second-order valence-electron chi connectivity index (χ2n) is 5.49. The van der Waals surface area contributed by atoms with Crippen LogP contribution in [0.25, 0.3) is 0 Å². The zero-order chi connectivity index (χ0) is 16.0. The van der Waals surface area contributed by atoms with Crippen molar-refractivity contribution in [2.24, 2.45) is 5.92 Å². The number of benzene rings is 1. The molecule has 0 aromatic heterocycles. The van der Waals surface area contributed by atoms with E-state index in [4.69, 9.17) is 5.73 Å². The first-order valence-electron chi connectivity index (χ1n) is 7.08. The van der Waals surface area contributed by atoms with Gasteiger partial charge in [-0.3, -0.25) is 9.59 Å². The molecular weight excluding hydrogens is 268 g/mol. The monoisotopic (exact) mass is 292 g/mol. The van der Waals surface area contributed by atoms with Crippen molar-refractivity contribution in [1.29, 1.82) is 0 Å². The summed E-state index contributed by atoms with van der Waals surface area (Å²) in [6.45, 7) is 6.83. The van der Waals surface area contributed by atoms with E-state index in [0.29, 0.717) is 30.3 Å². The van der Waals surface area contributed by atoms with Gasteiger partial charge in [-0.25, -0.2) is 0 Å². The van der Waals surface area contributed by atoms with Crippen LogP contribution in [0.15, 0.2) is 18.2 Å². The van der Waals surface area contributed by atoms with Gasteiger partial charge in [-0.15, -0.1) is 0 Å². The third-order valence-electron chi connectivity index (χ3n) is 3.29. The summed E-state index contributed by atoms with van der Waals surface area (Å²) in [6.07, 6.45) is 0.191. The number of anilines is 1. The quantitative estimate of drug-likeness (QED) is 0.644. The fraction of sp³-hybridized carbons (Fsp3) is 0.500. The highest BCUT2D eigenvalue weighted by atomic mass is 16.5. The number of ether oxygens (including phenoxy) is 1. The Balaban J connectivity index is 2.93. The maximum absolute atomic E-state index is 12.7. The lowest BCUT2D eigenvalue weighted by Gasteiger charge is -2.25. The number of nitrogen functional groups attached to an aromatic ring is 1. The highest BCUT2D eigenvalue weighted by Crippen LogP contribution is 2.18. The molecule has 0 bridgehead atoms. The molecule has 0 saturated heterocycles. The molecule has 1 aromatic carbocycles. The van der Waals surface area contributed by atoms with E-state index in [9.17, 15) is 9.59 Å². The minimum Gasteiger partial charge on any atom is -0.469 e. The topological polar surface area (TPSA) is 72.6 Å². The average Bonchev–Trinajstić information content (AvgIpc) is 2.44. The van der Waals surface area contributed by atoms with Crippen molar-refractivity contribution in [2.75, 3.05) is 25.9 Å². The minimum absolute atomic E-state index is 0.0996. The molecule has 5 nitrogen and oxygen atoms in total. The summed E-state index contributed by atoms with van der Waals surface area (Å²) in [7, 11) is 1.35. The lowest BCUT2D eigenvalue weighted by Crippen LogP contribution is -2.36. The Morgan fingerprint density at radius 3 is 2.57 bits per heavy atom. The molecule has 1 aromatic rings. The van der Waals surface area contributed by atoms with Crippen molar-refractivity contribution in [3.05, 3.63) is 29.3 Å². The van der Waals surface area contributed by atoms with Crippen LogP contribution in [0.3, 0.4) is 0 Å². The van der Waals surface area contributed by atoms with Gasteiger partial charge in [-0.05, 0) is 30.5 Å². The van der Waals surface area contributed by atoms with E-state index >= 15 is 0 Å².